The molecule has 0 aliphatic carbocycles. The van der Waals surface area contributed by atoms with Gasteiger partial charge in [-0.05, 0) is 19.8 Å². The van der Waals surface area contributed by atoms with Gasteiger partial charge in [-0.3, -0.25) is 0 Å². The molecule has 3 nitrogen and oxygen atoms in total. The summed E-state index contributed by atoms with van der Waals surface area (Å²) in [6, 6.07) is 6.21. The first-order valence-corrected chi connectivity index (χ1v) is 4.44. The van der Waals surface area contributed by atoms with E-state index in [4.69, 9.17) is 15.8 Å². The first-order chi connectivity index (χ1) is 6.63. The van der Waals surface area contributed by atoms with Crippen LogP contribution in [0.1, 0.15) is 32.6 Å². The van der Waals surface area contributed by atoms with Crippen LogP contribution in [0, 0.1) is 39.4 Å². The van der Waals surface area contributed by atoms with Gasteiger partial charge in [0.25, 0.3) is 0 Å². The Morgan fingerprint density at radius 3 is 1.79 bits per heavy atom. The predicted octanol–water partition coefficient (Wildman–Crippen LogP) is 2.68. The molecule has 0 spiro atoms. The molecule has 0 N–H and O–H groups in total. The minimum atomic E-state index is -0.689. The summed E-state index contributed by atoms with van der Waals surface area (Å²) in [5.74, 6) is 0. The number of nitrogens with zero attached hydrogens (tertiary/aromatic N) is 3. The first-order valence-electron chi connectivity index (χ1n) is 4.44. The molecule has 0 bridgehead atoms. The zero-order valence-electron chi connectivity index (χ0n) is 8.38. The molecular formula is C11H13N3. The van der Waals surface area contributed by atoms with E-state index in [-0.39, 0.29) is 0 Å². The summed E-state index contributed by atoms with van der Waals surface area (Å²) in [5.41, 5.74) is 0.0522. The van der Waals surface area contributed by atoms with E-state index in [1.165, 1.54) is 0 Å². The Morgan fingerprint density at radius 2 is 1.57 bits per heavy atom. The van der Waals surface area contributed by atoms with Gasteiger partial charge in [-0.15, -0.1) is 0 Å². The maximum absolute atomic E-state index is 9.07. The van der Waals surface area contributed by atoms with Crippen molar-refractivity contribution < 1.29 is 0 Å². The molecular weight excluding hydrogens is 174 g/mol. The standard InChI is InChI=1S/C11H13N3/c1-10(2)11(9-14,5-3-7-12)6-4-8-13/h1,3-6H2,2H3. The van der Waals surface area contributed by atoms with Gasteiger partial charge in [0.15, 0.2) is 0 Å². The molecule has 0 aliphatic rings. The van der Waals surface area contributed by atoms with Gasteiger partial charge in [0, 0.05) is 12.8 Å². The third-order valence-corrected chi connectivity index (χ3v) is 2.36. The fourth-order valence-corrected chi connectivity index (χ4v) is 1.30. The average Bonchev–Trinajstić information content (AvgIpc) is 2.18. The molecule has 0 aromatic carbocycles. The zero-order chi connectivity index (χ0) is 11.0. The number of allylic oxidation sites excluding steroid dienone is 1. The largest absolute Gasteiger partial charge is 0.198 e. The van der Waals surface area contributed by atoms with Crippen LogP contribution in [0.15, 0.2) is 12.2 Å². The Morgan fingerprint density at radius 1 is 1.14 bits per heavy atom. The van der Waals surface area contributed by atoms with Crippen LogP contribution in [0.4, 0.5) is 0 Å². The minimum absolute atomic E-state index is 0.325. The van der Waals surface area contributed by atoms with E-state index in [1.54, 1.807) is 6.92 Å². The van der Waals surface area contributed by atoms with Crippen LogP contribution in [0.2, 0.25) is 0 Å². The van der Waals surface area contributed by atoms with Gasteiger partial charge in [0.1, 0.15) is 0 Å². The van der Waals surface area contributed by atoms with Crippen LogP contribution in [0.5, 0.6) is 0 Å². The lowest BCUT2D eigenvalue weighted by Gasteiger charge is -2.24. The molecule has 0 heterocycles. The fourth-order valence-electron chi connectivity index (χ4n) is 1.30. The van der Waals surface area contributed by atoms with Crippen LogP contribution in [-0.2, 0) is 0 Å². The molecule has 0 saturated heterocycles. The van der Waals surface area contributed by atoms with Crippen molar-refractivity contribution in [3.05, 3.63) is 12.2 Å². The predicted molar refractivity (Wildman–Crippen MR) is 52.6 cm³/mol. The van der Waals surface area contributed by atoms with Gasteiger partial charge < -0.3 is 0 Å². The highest BCUT2D eigenvalue weighted by Crippen LogP contribution is 2.35. The molecule has 0 aromatic heterocycles. The minimum Gasteiger partial charge on any atom is -0.198 e. The summed E-state index contributed by atoms with van der Waals surface area (Å²) in [4.78, 5) is 0. The van der Waals surface area contributed by atoms with Gasteiger partial charge >= 0.3 is 0 Å². The van der Waals surface area contributed by atoms with Gasteiger partial charge in [0.05, 0.1) is 23.6 Å². The smallest absolute Gasteiger partial charge is 0.0797 e. The third kappa shape index (κ3) is 2.92. The molecule has 0 aromatic rings. The van der Waals surface area contributed by atoms with Crippen LogP contribution in [0.3, 0.4) is 0 Å². The number of nitriles is 3. The quantitative estimate of drug-likeness (QED) is 0.621. The Hall–Kier alpha value is -1.79. The van der Waals surface area contributed by atoms with E-state index in [0.717, 1.165) is 5.57 Å². The Balaban J connectivity index is 4.66. The molecule has 0 rings (SSSR count). The molecule has 3 heteroatoms. The van der Waals surface area contributed by atoms with E-state index < -0.39 is 5.41 Å². The molecule has 0 amide bonds. The van der Waals surface area contributed by atoms with Crippen molar-refractivity contribution in [1.29, 1.82) is 15.8 Å². The van der Waals surface area contributed by atoms with Crippen molar-refractivity contribution >= 4 is 0 Å². The van der Waals surface area contributed by atoms with E-state index >= 15 is 0 Å². The molecule has 0 saturated carbocycles. The second kappa shape index (κ2) is 5.79. The van der Waals surface area contributed by atoms with Crippen LogP contribution in [0.25, 0.3) is 0 Å². The normalized spacial score (nSPS) is 9.57. The SMILES string of the molecule is C=C(C)C(C#N)(CCC#N)CCC#N. The summed E-state index contributed by atoms with van der Waals surface area (Å²) >= 11 is 0. The summed E-state index contributed by atoms with van der Waals surface area (Å²) in [7, 11) is 0. The van der Waals surface area contributed by atoms with E-state index in [9.17, 15) is 0 Å². The molecule has 0 fully saturated rings. The van der Waals surface area contributed by atoms with Crippen LogP contribution in [-0.4, -0.2) is 0 Å². The monoisotopic (exact) mass is 187 g/mol. The molecule has 0 atom stereocenters. The topological polar surface area (TPSA) is 71.4 Å². The zero-order valence-corrected chi connectivity index (χ0v) is 8.38. The molecule has 0 aliphatic heterocycles. The molecule has 72 valence electrons. The lowest BCUT2D eigenvalue weighted by atomic mass is 9.75. The summed E-state index contributed by atoms with van der Waals surface area (Å²) in [6.45, 7) is 5.54. The molecule has 0 radical (unpaired) electrons. The van der Waals surface area contributed by atoms with Crippen molar-refractivity contribution in [2.45, 2.75) is 32.6 Å². The van der Waals surface area contributed by atoms with Crippen molar-refractivity contribution in [2.24, 2.45) is 5.41 Å². The highest BCUT2D eigenvalue weighted by Gasteiger charge is 2.30. The fraction of sp³-hybridized carbons (Fsp3) is 0.545. The lowest BCUT2D eigenvalue weighted by molar-refractivity contribution is 0.412. The average molecular weight is 187 g/mol. The van der Waals surface area contributed by atoms with Crippen LogP contribution < -0.4 is 0 Å². The Kier molecular flexibility index (Phi) is 5.05. The second-order valence-electron chi connectivity index (χ2n) is 3.29. The van der Waals surface area contributed by atoms with E-state index in [0.29, 0.717) is 25.7 Å². The third-order valence-electron chi connectivity index (χ3n) is 2.36. The van der Waals surface area contributed by atoms with Gasteiger partial charge in [0.2, 0.25) is 0 Å². The maximum Gasteiger partial charge on any atom is 0.0797 e. The van der Waals surface area contributed by atoms with Crippen molar-refractivity contribution in [3.63, 3.8) is 0 Å². The number of hydrogen-bond acceptors (Lipinski definition) is 3. The van der Waals surface area contributed by atoms with E-state index in [1.807, 2.05) is 12.1 Å². The van der Waals surface area contributed by atoms with Gasteiger partial charge in [-0.2, -0.15) is 15.8 Å². The second-order valence-corrected chi connectivity index (χ2v) is 3.29. The maximum atomic E-state index is 9.07. The highest BCUT2D eigenvalue weighted by atomic mass is 14.4. The number of hydrogen-bond donors (Lipinski definition) is 0. The van der Waals surface area contributed by atoms with Crippen molar-refractivity contribution in [1.82, 2.24) is 0 Å². The van der Waals surface area contributed by atoms with Gasteiger partial charge in [-0.1, -0.05) is 12.2 Å². The summed E-state index contributed by atoms with van der Waals surface area (Å²) < 4.78 is 0. The Bertz CT molecular complexity index is 304. The van der Waals surface area contributed by atoms with Gasteiger partial charge in [-0.25, -0.2) is 0 Å². The number of rotatable bonds is 5. The Labute approximate surface area is 84.9 Å². The molecule has 14 heavy (non-hydrogen) atoms. The van der Waals surface area contributed by atoms with Crippen LogP contribution >= 0.6 is 0 Å². The highest BCUT2D eigenvalue weighted by molar-refractivity contribution is 5.19. The van der Waals surface area contributed by atoms with Crippen molar-refractivity contribution in [3.8, 4) is 18.2 Å². The lowest BCUT2D eigenvalue weighted by Crippen LogP contribution is -2.19. The molecule has 0 unspecified atom stereocenters. The first kappa shape index (κ1) is 12.2. The summed E-state index contributed by atoms with van der Waals surface area (Å²) in [6.07, 6.45) is 1.59. The van der Waals surface area contributed by atoms with Crippen molar-refractivity contribution in [2.75, 3.05) is 0 Å². The van der Waals surface area contributed by atoms with E-state index in [2.05, 4.69) is 12.6 Å². The summed E-state index contributed by atoms with van der Waals surface area (Å²) in [5, 5.41) is 26.0.